The fraction of sp³-hybridized carbons (Fsp3) is 0.438. The summed E-state index contributed by atoms with van der Waals surface area (Å²) >= 11 is 7.94. The summed E-state index contributed by atoms with van der Waals surface area (Å²) in [5.74, 6) is 0.513. The smallest absolute Gasteiger partial charge is 0.0794 e. The minimum absolute atomic E-state index is 0.499. The number of nitrogens with zero attached hydrogens (tertiary/aromatic N) is 1. The predicted molar refractivity (Wildman–Crippen MR) is 87.6 cm³/mol. The summed E-state index contributed by atoms with van der Waals surface area (Å²) in [6.45, 7) is 5.34. The van der Waals surface area contributed by atoms with Crippen molar-refractivity contribution in [1.29, 1.82) is 0 Å². The molecule has 2 aromatic rings. The molecule has 4 heteroatoms. The summed E-state index contributed by atoms with van der Waals surface area (Å²) in [5.41, 5.74) is 4.30. The van der Waals surface area contributed by atoms with Crippen LogP contribution in [0.2, 0.25) is 5.02 Å². The molecule has 2 rings (SSSR count). The maximum atomic E-state index is 6.28. The lowest BCUT2D eigenvalue weighted by Gasteiger charge is -2.19. The number of benzene rings is 1. The first-order valence-corrected chi connectivity index (χ1v) is 8.31. The van der Waals surface area contributed by atoms with Gasteiger partial charge in [-0.25, -0.2) is 4.98 Å². The van der Waals surface area contributed by atoms with Gasteiger partial charge in [0.2, 0.25) is 0 Å². The maximum absolute atomic E-state index is 6.28. The van der Waals surface area contributed by atoms with E-state index in [0.29, 0.717) is 12.0 Å². The first-order chi connectivity index (χ1) is 9.65. The standard InChI is InChI=1S/C16H21ClN2S/c1-12(2)18-9-13(8-15-10-20-11-19-15)7-14-5-3-4-6-16(14)17/h3-6,10-13,18H,7-9H2,1-2H3. The second kappa shape index (κ2) is 7.77. The molecular weight excluding hydrogens is 288 g/mol. The van der Waals surface area contributed by atoms with Crippen LogP contribution >= 0.6 is 22.9 Å². The molecule has 0 bridgehead atoms. The van der Waals surface area contributed by atoms with Crippen LogP contribution in [0.3, 0.4) is 0 Å². The van der Waals surface area contributed by atoms with Crippen LogP contribution in [0.5, 0.6) is 0 Å². The van der Waals surface area contributed by atoms with Crippen molar-refractivity contribution < 1.29 is 0 Å². The van der Waals surface area contributed by atoms with Gasteiger partial charge in [-0.1, -0.05) is 43.6 Å². The molecule has 0 saturated carbocycles. The fourth-order valence-electron chi connectivity index (χ4n) is 2.23. The number of nitrogens with one attached hydrogen (secondary N) is 1. The van der Waals surface area contributed by atoms with Crippen LogP contribution in [-0.4, -0.2) is 17.6 Å². The van der Waals surface area contributed by atoms with Crippen LogP contribution in [0.15, 0.2) is 35.2 Å². The zero-order chi connectivity index (χ0) is 14.4. The molecule has 0 fully saturated rings. The average Bonchev–Trinajstić information content (AvgIpc) is 2.91. The summed E-state index contributed by atoms with van der Waals surface area (Å²) < 4.78 is 0. The van der Waals surface area contributed by atoms with E-state index in [9.17, 15) is 0 Å². The largest absolute Gasteiger partial charge is 0.314 e. The van der Waals surface area contributed by atoms with Gasteiger partial charge in [-0.3, -0.25) is 0 Å². The van der Waals surface area contributed by atoms with Gasteiger partial charge >= 0.3 is 0 Å². The maximum Gasteiger partial charge on any atom is 0.0794 e. The quantitative estimate of drug-likeness (QED) is 0.829. The Morgan fingerprint density at radius 2 is 2.05 bits per heavy atom. The van der Waals surface area contributed by atoms with E-state index in [1.165, 1.54) is 11.3 Å². The van der Waals surface area contributed by atoms with Crippen molar-refractivity contribution in [3.05, 3.63) is 51.4 Å². The Morgan fingerprint density at radius 3 is 2.70 bits per heavy atom. The number of thiazole rings is 1. The second-order valence-electron chi connectivity index (χ2n) is 5.41. The molecule has 1 heterocycles. The summed E-state index contributed by atoms with van der Waals surface area (Å²) in [6, 6.07) is 8.61. The van der Waals surface area contributed by atoms with Crippen LogP contribution in [0.4, 0.5) is 0 Å². The summed E-state index contributed by atoms with van der Waals surface area (Å²) in [7, 11) is 0. The van der Waals surface area contributed by atoms with Crippen molar-refractivity contribution in [2.75, 3.05) is 6.54 Å². The molecular formula is C16H21ClN2S. The third kappa shape index (κ3) is 4.89. The van der Waals surface area contributed by atoms with E-state index in [1.54, 1.807) is 11.3 Å². The number of hydrogen-bond acceptors (Lipinski definition) is 3. The topological polar surface area (TPSA) is 24.9 Å². The van der Waals surface area contributed by atoms with Gasteiger partial charge in [-0.05, 0) is 36.9 Å². The lowest BCUT2D eigenvalue weighted by molar-refractivity contribution is 0.441. The second-order valence-corrected chi connectivity index (χ2v) is 6.53. The molecule has 0 radical (unpaired) electrons. The lowest BCUT2D eigenvalue weighted by Crippen LogP contribution is -2.31. The van der Waals surface area contributed by atoms with Gasteiger partial charge in [-0.15, -0.1) is 11.3 Å². The van der Waals surface area contributed by atoms with Gasteiger partial charge < -0.3 is 5.32 Å². The van der Waals surface area contributed by atoms with Crippen molar-refractivity contribution in [1.82, 2.24) is 10.3 Å². The number of hydrogen-bond donors (Lipinski definition) is 1. The molecule has 1 aromatic heterocycles. The van der Waals surface area contributed by atoms with E-state index in [1.807, 2.05) is 17.6 Å². The molecule has 0 amide bonds. The van der Waals surface area contributed by atoms with Gasteiger partial charge in [-0.2, -0.15) is 0 Å². The molecule has 0 aliphatic heterocycles. The fourth-order valence-corrected chi connectivity index (χ4v) is 3.01. The Bertz CT molecular complexity index is 511. The normalized spacial score (nSPS) is 12.8. The first-order valence-electron chi connectivity index (χ1n) is 6.99. The van der Waals surface area contributed by atoms with Crippen LogP contribution in [-0.2, 0) is 12.8 Å². The van der Waals surface area contributed by atoms with Crippen LogP contribution in [0, 0.1) is 5.92 Å². The number of halogens is 1. The van der Waals surface area contributed by atoms with Gasteiger partial charge in [0.05, 0.1) is 11.2 Å². The molecule has 1 atom stereocenters. The average molecular weight is 309 g/mol. The van der Waals surface area contributed by atoms with E-state index >= 15 is 0 Å². The van der Waals surface area contributed by atoms with Crippen molar-refractivity contribution >= 4 is 22.9 Å². The molecule has 1 aromatic carbocycles. The Labute approximate surface area is 130 Å². The highest BCUT2D eigenvalue weighted by Gasteiger charge is 2.14. The number of rotatable bonds is 7. The van der Waals surface area contributed by atoms with Crippen molar-refractivity contribution in [2.45, 2.75) is 32.7 Å². The predicted octanol–water partition coefficient (Wildman–Crippen LogP) is 4.20. The van der Waals surface area contributed by atoms with Gasteiger partial charge in [0.1, 0.15) is 0 Å². The Balaban J connectivity index is 2.03. The van der Waals surface area contributed by atoms with E-state index in [-0.39, 0.29) is 0 Å². The molecule has 0 aliphatic rings. The Kier molecular flexibility index (Phi) is 6.02. The van der Waals surface area contributed by atoms with E-state index in [2.05, 4.69) is 41.7 Å². The van der Waals surface area contributed by atoms with E-state index in [4.69, 9.17) is 11.6 Å². The monoisotopic (exact) mass is 308 g/mol. The van der Waals surface area contributed by atoms with Crippen molar-refractivity contribution in [2.24, 2.45) is 5.92 Å². The van der Waals surface area contributed by atoms with Crippen molar-refractivity contribution in [3.8, 4) is 0 Å². The van der Waals surface area contributed by atoms with Crippen LogP contribution < -0.4 is 5.32 Å². The Morgan fingerprint density at radius 1 is 1.25 bits per heavy atom. The summed E-state index contributed by atoms with van der Waals surface area (Å²) in [5, 5.41) is 6.53. The highest BCUT2D eigenvalue weighted by molar-refractivity contribution is 7.07. The SMILES string of the molecule is CC(C)NCC(Cc1cscn1)Cc1ccccc1Cl. The number of aromatic nitrogens is 1. The van der Waals surface area contributed by atoms with Crippen LogP contribution in [0.1, 0.15) is 25.1 Å². The van der Waals surface area contributed by atoms with Gasteiger partial charge in [0.25, 0.3) is 0 Å². The highest BCUT2D eigenvalue weighted by Crippen LogP contribution is 2.21. The molecule has 0 saturated heterocycles. The molecule has 108 valence electrons. The third-order valence-corrected chi connectivity index (χ3v) is 4.27. The summed E-state index contributed by atoms with van der Waals surface area (Å²) in [6.07, 6.45) is 1.98. The zero-order valence-corrected chi connectivity index (χ0v) is 13.5. The molecule has 1 N–H and O–H groups in total. The van der Waals surface area contributed by atoms with E-state index in [0.717, 1.165) is 24.4 Å². The molecule has 2 nitrogen and oxygen atoms in total. The summed E-state index contributed by atoms with van der Waals surface area (Å²) in [4.78, 5) is 4.40. The molecule has 0 spiro atoms. The minimum atomic E-state index is 0.499. The van der Waals surface area contributed by atoms with Gasteiger partial charge in [0.15, 0.2) is 0 Å². The van der Waals surface area contributed by atoms with E-state index < -0.39 is 0 Å². The molecule has 20 heavy (non-hydrogen) atoms. The lowest BCUT2D eigenvalue weighted by atomic mass is 9.94. The third-order valence-electron chi connectivity index (χ3n) is 3.26. The van der Waals surface area contributed by atoms with Crippen LogP contribution in [0.25, 0.3) is 0 Å². The van der Waals surface area contributed by atoms with Crippen molar-refractivity contribution in [3.63, 3.8) is 0 Å². The zero-order valence-electron chi connectivity index (χ0n) is 12.0. The molecule has 0 aliphatic carbocycles. The Hall–Kier alpha value is -0.900. The first kappa shape index (κ1) is 15.5. The minimum Gasteiger partial charge on any atom is -0.314 e. The molecule has 1 unspecified atom stereocenters. The highest BCUT2D eigenvalue weighted by atomic mass is 35.5. The van der Waals surface area contributed by atoms with Gasteiger partial charge in [0, 0.05) is 16.4 Å².